The minimum Gasteiger partial charge on any atom is -0.316 e. The average Bonchev–Trinajstić information content (AvgIpc) is 2.28. The predicted octanol–water partition coefficient (Wildman–Crippen LogP) is 3.19. The fourth-order valence-electron chi connectivity index (χ4n) is 1.47. The van der Waals surface area contributed by atoms with Gasteiger partial charge in [0.1, 0.15) is 5.69 Å². The van der Waals surface area contributed by atoms with Gasteiger partial charge in [-0.25, -0.2) is 4.98 Å². The van der Waals surface area contributed by atoms with Gasteiger partial charge in [0.2, 0.25) is 0 Å². The molecule has 0 saturated carbocycles. The summed E-state index contributed by atoms with van der Waals surface area (Å²) in [5.41, 5.74) is -0.359. The molecule has 17 heavy (non-hydrogen) atoms. The van der Waals surface area contributed by atoms with Crippen molar-refractivity contribution < 1.29 is 13.2 Å². The third-order valence-electron chi connectivity index (χ3n) is 2.18. The van der Waals surface area contributed by atoms with Gasteiger partial charge < -0.3 is 4.72 Å². The van der Waals surface area contributed by atoms with E-state index in [4.69, 9.17) is 5.14 Å². The summed E-state index contributed by atoms with van der Waals surface area (Å²) in [6.07, 6.45) is -4.47. The molecule has 2 rings (SSSR count). The molecule has 1 aromatic heterocycles. The zero-order chi connectivity index (χ0) is 12.5. The molecule has 0 aliphatic rings. The molecule has 1 heterocycles. The van der Waals surface area contributed by atoms with Gasteiger partial charge >= 0.3 is 6.18 Å². The molecule has 2 aromatic rings. The van der Waals surface area contributed by atoms with E-state index in [9.17, 15) is 13.2 Å². The summed E-state index contributed by atoms with van der Waals surface area (Å²) in [5, 5.41) is 5.81. The molecule has 0 amide bonds. The molecule has 0 radical (unpaired) electrons. The number of aromatic nitrogens is 1. The van der Waals surface area contributed by atoms with Crippen LogP contribution >= 0.6 is 12.1 Å². The molecule has 3 nitrogen and oxygen atoms in total. The number of anilines is 1. The molecular formula is C10H8F3N3S. The van der Waals surface area contributed by atoms with Crippen molar-refractivity contribution in [3.63, 3.8) is 0 Å². The van der Waals surface area contributed by atoms with Crippen molar-refractivity contribution in [1.29, 1.82) is 0 Å². The zero-order valence-corrected chi connectivity index (χ0v) is 9.27. The Labute approximate surface area is 99.5 Å². The highest BCUT2D eigenvalue weighted by Crippen LogP contribution is 2.33. The molecule has 0 bridgehead atoms. The van der Waals surface area contributed by atoms with Crippen molar-refractivity contribution in [2.75, 3.05) is 4.72 Å². The average molecular weight is 259 g/mol. The highest BCUT2D eigenvalue weighted by Gasteiger charge is 2.33. The highest BCUT2D eigenvalue weighted by atomic mass is 32.2. The largest absolute Gasteiger partial charge is 0.433 e. The van der Waals surface area contributed by atoms with Crippen LogP contribution in [0.2, 0.25) is 0 Å². The monoisotopic (exact) mass is 259 g/mol. The molecule has 0 aliphatic carbocycles. The molecule has 0 fully saturated rings. The first-order valence-electron chi connectivity index (χ1n) is 4.61. The number of rotatable bonds is 2. The number of fused-ring (bicyclic) bond motifs is 1. The van der Waals surface area contributed by atoms with Gasteiger partial charge in [0, 0.05) is 17.5 Å². The smallest absolute Gasteiger partial charge is 0.316 e. The number of pyridine rings is 1. The van der Waals surface area contributed by atoms with E-state index in [1.54, 1.807) is 18.2 Å². The van der Waals surface area contributed by atoms with Crippen LogP contribution in [-0.2, 0) is 6.18 Å². The molecular weight excluding hydrogens is 251 g/mol. The van der Waals surface area contributed by atoms with Crippen molar-refractivity contribution in [2.24, 2.45) is 5.14 Å². The Kier molecular flexibility index (Phi) is 3.12. The van der Waals surface area contributed by atoms with Gasteiger partial charge in [-0.1, -0.05) is 18.2 Å². The number of nitrogens with two attached hydrogens (primary N) is 1. The predicted molar refractivity (Wildman–Crippen MR) is 62.1 cm³/mol. The van der Waals surface area contributed by atoms with Crippen LogP contribution in [0.5, 0.6) is 0 Å². The number of halogens is 3. The third kappa shape index (κ3) is 2.45. The fraction of sp³-hybridized carbons (Fsp3) is 0.100. The number of para-hydroxylation sites is 1. The Bertz CT molecular complexity index is 542. The maximum atomic E-state index is 12.6. The van der Waals surface area contributed by atoms with Crippen LogP contribution in [0, 0.1) is 0 Å². The van der Waals surface area contributed by atoms with Crippen molar-refractivity contribution in [3.05, 3.63) is 36.0 Å². The van der Waals surface area contributed by atoms with Crippen LogP contribution < -0.4 is 9.86 Å². The van der Waals surface area contributed by atoms with Crippen LogP contribution in [-0.4, -0.2) is 4.98 Å². The number of hydrogen-bond acceptors (Lipinski definition) is 4. The second-order valence-corrected chi connectivity index (χ2v) is 3.73. The van der Waals surface area contributed by atoms with Gasteiger partial charge in [-0.3, -0.25) is 5.14 Å². The van der Waals surface area contributed by atoms with E-state index < -0.39 is 11.9 Å². The van der Waals surface area contributed by atoms with E-state index in [2.05, 4.69) is 9.71 Å². The van der Waals surface area contributed by atoms with Crippen molar-refractivity contribution in [3.8, 4) is 0 Å². The summed E-state index contributed by atoms with van der Waals surface area (Å²) < 4.78 is 40.4. The van der Waals surface area contributed by atoms with Crippen molar-refractivity contribution in [2.45, 2.75) is 6.18 Å². The van der Waals surface area contributed by atoms with E-state index in [0.717, 1.165) is 18.2 Å². The first-order valence-corrected chi connectivity index (χ1v) is 5.49. The summed E-state index contributed by atoms with van der Waals surface area (Å²) in [6, 6.07) is 7.51. The Morgan fingerprint density at radius 3 is 2.59 bits per heavy atom. The topological polar surface area (TPSA) is 50.9 Å². The second kappa shape index (κ2) is 4.42. The van der Waals surface area contributed by atoms with Crippen LogP contribution in [0.4, 0.5) is 18.9 Å². The van der Waals surface area contributed by atoms with Crippen molar-refractivity contribution in [1.82, 2.24) is 4.98 Å². The van der Waals surface area contributed by atoms with Crippen LogP contribution in [0.15, 0.2) is 30.3 Å². The van der Waals surface area contributed by atoms with E-state index in [-0.39, 0.29) is 5.52 Å². The minimum absolute atomic E-state index is 0.277. The zero-order valence-electron chi connectivity index (χ0n) is 8.45. The lowest BCUT2D eigenvalue weighted by molar-refractivity contribution is -0.140. The lowest BCUT2D eigenvalue weighted by Crippen LogP contribution is -2.09. The van der Waals surface area contributed by atoms with Crippen molar-refractivity contribution >= 4 is 28.7 Å². The molecule has 0 atom stereocenters. The molecule has 3 N–H and O–H groups in total. The fourth-order valence-corrected chi connectivity index (χ4v) is 1.76. The normalized spacial score (nSPS) is 11.8. The third-order valence-corrected chi connectivity index (χ3v) is 2.51. The van der Waals surface area contributed by atoms with E-state index in [0.29, 0.717) is 11.1 Å². The first-order chi connectivity index (χ1) is 8.02. The van der Waals surface area contributed by atoms with Crippen LogP contribution in [0.1, 0.15) is 5.69 Å². The van der Waals surface area contributed by atoms with Crippen LogP contribution in [0.3, 0.4) is 0 Å². The Balaban J connectivity index is 2.67. The summed E-state index contributed by atoms with van der Waals surface area (Å²) >= 11 is 0.744. The summed E-state index contributed by atoms with van der Waals surface area (Å²) in [7, 11) is 0. The van der Waals surface area contributed by atoms with Gasteiger partial charge in [-0.05, 0) is 12.1 Å². The molecule has 7 heteroatoms. The Hall–Kier alpha value is -1.47. The number of nitrogens with zero attached hydrogens (tertiary/aromatic N) is 1. The minimum atomic E-state index is -4.47. The number of alkyl halides is 3. The van der Waals surface area contributed by atoms with Gasteiger partial charge in [0.25, 0.3) is 0 Å². The van der Waals surface area contributed by atoms with Gasteiger partial charge in [0.15, 0.2) is 0 Å². The van der Waals surface area contributed by atoms with Gasteiger partial charge in [0.05, 0.1) is 11.2 Å². The number of nitrogens with one attached hydrogen (secondary N) is 1. The molecule has 0 aliphatic heterocycles. The maximum absolute atomic E-state index is 12.6. The SMILES string of the molecule is NSNc1cc(C(F)(F)F)nc2ccccc12. The Morgan fingerprint density at radius 2 is 1.94 bits per heavy atom. The molecule has 1 aromatic carbocycles. The number of benzene rings is 1. The number of hydrogen-bond donors (Lipinski definition) is 2. The van der Waals surface area contributed by atoms with Gasteiger partial charge in [-0.2, -0.15) is 13.2 Å². The highest BCUT2D eigenvalue weighted by molar-refractivity contribution is 7.98. The lowest BCUT2D eigenvalue weighted by Gasteiger charge is -2.11. The summed E-state index contributed by atoms with van der Waals surface area (Å²) in [4.78, 5) is 3.57. The first kappa shape index (κ1) is 12.0. The lowest BCUT2D eigenvalue weighted by atomic mass is 10.1. The quantitative estimate of drug-likeness (QED) is 0.813. The molecule has 0 spiro atoms. The summed E-state index contributed by atoms with van der Waals surface area (Å²) in [6.45, 7) is 0. The second-order valence-electron chi connectivity index (χ2n) is 3.29. The van der Waals surface area contributed by atoms with E-state index >= 15 is 0 Å². The maximum Gasteiger partial charge on any atom is 0.433 e. The Morgan fingerprint density at radius 1 is 1.24 bits per heavy atom. The standard InChI is InChI=1S/C10H8F3N3S/c11-10(12,13)9-5-8(16-17-14)6-3-1-2-4-7(6)15-9/h1-5H,14H2,(H,15,16). The summed E-state index contributed by atoms with van der Waals surface area (Å²) in [5.74, 6) is 0. The molecule has 0 unspecified atom stereocenters. The van der Waals surface area contributed by atoms with E-state index in [1.165, 1.54) is 6.07 Å². The van der Waals surface area contributed by atoms with Gasteiger partial charge in [-0.15, -0.1) is 0 Å². The molecule has 0 saturated heterocycles. The molecule has 90 valence electrons. The van der Waals surface area contributed by atoms with Crippen LogP contribution in [0.25, 0.3) is 10.9 Å². The van der Waals surface area contributed by atoms with E-state index in [1.807, 2.05) is 0 Å².